The molecule has 1 amide bonds. The van der Waals surface area contributed by atoms with Gasteiger partial charge in [0.15, 0.2) is 5.11 Å². The van der Waals surface area contributed by atoms with Gasteiger partial charge in [0.05, 0.1) is 0 Å². The molecule has 9 heteroatoms. The van der Waals surface area contributed by atoms with Crippen LogP contribution in [-0.4, -0.2) is 21.0 Å². The van der Waals surface area contributed by atoms with Gasteiger partial charge in [-0.25, -0.2) is 0 Å². The van der Waals surface area contributed by atoms with Crippen molar-refractivity contribution in [2.45, 2.75) is 9.96 Å². The van der Waals surface area contributed by atoms with Crippen molar-refractivity contribution >= 4 is 86.1 Å². The molecule has 3 rings (SSSR count). The first kappa shape index (κ1) is 21.9. The van der Waals surface area contributed by atoms with Gasteiger partial charge < -0.3 is 16.0 Å². The Morgan fingerprint density at radius 3 is 2.24 bits per heavy atom. The fourth-order valence-electron chi connectivity index (χ4n) is 2.66. The first-order valence-electron chi connectivity index (χ1n) is 8.42. The summed E-state index contributed by atoms with van der Waals surface area (Å²) in [4.78, 5) is 12.9. The average Bonchev–Trinajstić information content (AvgIpc) is 2.68. The lowest BCUT2D eigenvalue weighted by atomic mass is 10.0. The van der Waals surface area contributed by atoms with Gasteiger partial charge in [-0.3, -0.25) is 4.79 Å². The second kappa shape index (κ2) is 9.37. The SMILES string of the molecule is O=C(NC(NC(=S)Nc1ccc(Cl)cc1)C(Cl)(Cl)Cl)c1cccc2ccccc12. The van der Waals surface area contributed by atoms with Crippen molar-refractivity contribution in [2.75, 3.05) is 5.32 Å². The third kappa shape index (κ3) is 5.87. The summed E-state index contributed by atoms with van der Waals surface area (Å²) >= 11 is 29.3. The zero-order valence-electron chi connectivity index (χ0n) is 14.8. The fraction of sp³-hybridized carbons (Fsp3) is 0.100. The lowest BCUT2D eigenvalue weighted by molar-refractivity contribution is 0.0936. The van der Waals surface area contributed by atoms with Crippen molar-refractivity contribution in [3.63, 3.8) is 0 Å². The van der Waals surface area contributed by atoms with Gasteiger partial charge >= 0.3 is 0 Å². The zero-order chi connectivity index (χ0) is 21.0. The van der Waals surface area contributed by atoms with Crippen LogP contribution in [0.2, 0.25) is 5.02 Å². The summed E-state index contributed by atoms with van der Waals surface area (Å²) in [5, 5.41) is 11.0. The molecule has 1 atom stereocenters. The number of hydrogen-bond acceptors (Lipinski definition) is 2. The maximum atomic E-state index is 12.9. The van der Waals surface area contributed by atoms with Crippen LogP contribution < -0.4 is 16.0 Å². The molecule has 3 N–H and O–H groups in total. The molecular weight excluding hydrogens is 472 g/mol. The van der Waals surface area contributed by atoms with Gasteiger partial charge in [-0.05, 0) is 53.3 Å². The molecule has 0 radical (unpaired) electrons. The van der Waals surface area contributed by atoms with Gasteiger partial charge in [-0.1, -0.05) is 82.8 Å². The van der Waals surface area contributed by atoms with E-state index in [-0.39, 0.29) is 5.11 Å². The van der Waals surface area contributed by atoms with Crippen molar-refractivity contribution in [3.05, 3.63) is 77.3 Å². The number of fused-ring (bicyclic) bond motifs is 1. The smallest absolute Gasteiger partial charge is 0.253 e. The molecule has 4 nitrogen and oxygen atoms in total. The van der Waals surface area contributed by atoms with Crippen LogP contribution in [0, 0.1) is 0 Å². The Kier molecular flexibility index (Phi) is 7.09. The number of alkyl halides is 3. The van der Waals surface area contributed by atoms with Crippen molar-refractivity contribution in [1.29, 1.82) is 0 Å². The van der Waals surface area contributed by atoms with Gasteiger partial charge in [-0.15, -0.1) is 0 Å². The summed E-state index contributed by atoms with van der Waals surface area (Å²) in [5.41, 5.74) is 1.15. The van der Waals surface area contributed by atoms with Crippen molar-refractivity contribution < 1.29 is 4.79 Å². The van der Waals surface area contributed by atoms with E-state index in [4.69, 9.17) is 58.6 Å². The number of rotatable bonds is 4. The number of thiocarbonyl (C=S) groups is 1. The number of carbonyl (C=O) groups is 1. The molecule has 0 fully saturated rings. The third-order valence-corrected chi connectivity index (χ3v) is 5.14. The average molecular weight is 487 g/mol. The van der Waals surface area contributed by atoms with Crippen molar-refractivity contribution in [3.8, 4) is 0 Å². The maximum absolute atomic E-state index is 12.9. The van der Waals surface area contributed by atoms with Crippen LogP contribution in [-0.2, 0) is 0 Å². The van der Waals surface area contributed by atoms with E-state index in [2.05, 4.69) is 16.0 Å². The summed E-state index contributed by atoms with van der Waals surface area (Å²) in [7, 11) is 0. The molecule has 29 heavy (non-hydrogen) atoms. The molecule has 0 aromatic heterocycles. The van der Waals surface area contributed by atoms with Crippen molar-refractivity contribution in [1.82, 2.24) is 10.6 Å². The van der Waals surface area contributed by atoms with Gasteiger partial charge in [0.2, 0.25) is 3.79 Å². The number of carbonyl (C=O) groups excluding carboxylic acids is 1. The predicted molar refractivity (Wildman–Crippen MR) is 126 cm³/mol. The molecule has 0 aliphatic rings. The Bertz CT molecular complexity index is 1030. The highest BCUT2D eigenvalue weighted by Crippen LogP contribution is 2.30. The topological polar surface area (TPSA) is 53.2 Å². The van der Waals surface area contributed by atoms with Crippen LogP contribution in [0.15, 0.2) is 66.7 Å². The third-order valence-electron chi connectivity index (χ3n) is 4.01. The summed E-state index contributed by atoms with van der Waals surface area (Å²) in [6, 6.07) is 19.9. The van der Waals surface area contributed by atoms with Gasteiger partial charge in [0.25, 0.3) is 5.91 Å². The number of hydrogen-bond donors (Lipinski definition) is 3. The minimum absolute atomic E-state index is 0.168. The summed E-state index contributed by atoms with van der Waals surface area (Å²) < 4.78 is -1.86. The second-order valence-electron chi connectivity index (χ2n) is 6.08. The minimum Gasteiger partial charge on any atom is -0.339 e. The lowest BCUT2D eigenvalue weighted by Gasteiger charge is -2.28. The summed E-state index contributed by atoms with van der Waals surface area (Å²) in [6.45, 7) is 0. The molecule has 0 bridgehead atoms. The van der Waals surface area contributed by atoms with E-state index in [1.165, 1.54) is 0 Å². The first-order chi connectivity index (χ1) is 13.7. The highest BCUT2D eigenvalue weighted by molar-refractivity contribution is 7.80. The predicted octanol–water partition coefficient (Wildman–Crippen LogP) is 5.91. The zero-order valence-corrected chi connectivity index (χ0v) is 18.6. The molecule has 3 aromatic rings. The van der Waals surface area contributed by atoms with E-state index in [1.807, 2.05) is 30.3 Å². The molecule has 0 heterocycles. The van der Waals surface area contributed by atoms with Crippen molar-refractivity contribution in [2.24, 2.45) is 0 Å². The highest BCUT2D eigenvalue weighted by Gasteiger charge is 2.35. The van der Waals surface area contributed by atoms with Crippen LogP contribution >= 0.6 is 58.6 Å². The molecule has 0 aliphatic heterocycles. The first-order valence-corrected chi connectivity index (χ1v) is 10.3. The van der Waals surface area contributed by atoms with E-state index in [0.29, 0.717) is 16.3 Å². The molecule has 1 unspecified atom stereocenters. The Morgan fingerprint density at radius 2 is 1.55 bits per heavy atom. The van der Waals surface area contributed by atoms with Crippen LogP contribution in [0.3, 0.4) is 0 Å². The number of amides is 1. The largest absolute Gasteiger partial charge is 0.339 e. The van der Waals surface area contributed by atoms with E-state index < -0.39 is 15.9 Å². The van der Waals surface area contributed by atoms with Gasteiger partial charge in [-0.2, -0.15) is 0 Å². The maximum Gasteiger partial charge on any atom is 0.253 e. The molecule has 0 saturated heterocycles. The molecule has 0 spiro atoms. The molecule has 3 aromatic carbocycles. The van der Waals surface area contributed by atoms with Crippen LogP contribution in [0.1, 0.15) is 10.4 Å². The monoisotopic (exact) mass is 485 g/mol. The van der Waals surface area contributed by atoms with Crippen LogP contribution in [0.25, 0.3) is 10.8 Å². The Hall–Kier alpha value is -1.76. The Balaban J connectivity index is 1.76. The summed E-state index contributed by atoms with van der Waals surface area (Å²) in [5.74, 6) is -0.403. The standard InChI is InChI=1S/C20H15Cl4N3OS/c21-13-8-10-14(11-9-13)25-19(29)27-18(20(22,23)24)26-17(28)16-7-3-5-12-4-1-2-6-15(12)16/h1-11,18H,(H,26,28)(H2,25,27,29). The van der Waals surface area contributed by atoms with Gasteiger partial charge in [0.1, 0.15) is 6.17 Å². The fourth-order valence-corrected chi connectivity index (χ4v) is 3.35. The quantitative estimate of drug-likeness (QED) is 0.244. The number of halogens is 4. The van der Waals surface area contributed by atoms with Gasteiger partial charge in [0, 0.05) is 16.3 Å². The Morgan fingerprint density at radius 1 is 0.897 bits per heavy atom. The molecule has 0 saturated carbocycles. The molecule has 150 valence electrons. The minimum atomic E-state index is -1.86. The van der Waals surface area contributed by atoms with E-state index >= 15 is 0 Å². The van der Waals surface area contributed by atoms with E-state index in [0.717, 1.165) is 10.8 Å². The number of anilines is 1. The normalized spacial score (nSPS) is 12.3. The van der Waals surface area contributed by atoms with E-state index in [9.17, 15) is 4.79 Å². The van der Waals surface area contributed by atoms with Crippen LogP contribution in [0.5, 0.6) is 0 Å². The Labute approximate surface area is 193 Å². The summed E-state index contributed by atoms with van der Waals surface area (Å²) in [6.07, 6.45) is -1.08. The molecular formula is C20H15Cl4N3OS. The highest BCUT2D eigenvalue weighted by atomic mass is 35.6. The van der Waals surface area contributed by atoms with Crippen LogP contribution in [0.4, 0.5) is 5.69 Å². The second-order valence-corrected chi connectivity index (χ2v) is 9.29. The van der Waals surface area contributed by atoms with E-state index in [1.54, 1.807) is 36.4 Å². The molecule has 0 aliphatic carbocycles. The number of benzene rings is 3. The lowest BCUT2D eigenvalue weighted by Crippen LogP contribution is -2.56. The number of nitrogens with one attached hydrogen (secondary N) is 3.